The average Bonchev–Trinajstić information content (AvgIpc) is 2.89. The predicted octanol–water partition coefficient (Wildman–Crippen LogP) is 2.03. The highest BCUT2D eigenvalue weighted by Crippen LogP contribution is 2.17. The normalized spacial score (nSPS) is 19.0. The minimum absolute atomic E-state index is 0.178. The van der Waals surface area contributed by atoms with E-state index in [1.807, 2.05) is 6.07 Å². The van der Waals surface area contributed by atoms with Crippen LogP contribution in [0.25, 0.3) is 0 Å². The van der Waals surface area contributed by atoms with Crippen LogP contribution in [0.15, 0.2) is 24.3 Å². The topological polar surface area (TPSA) is 44.8 Å². The van der Waals surface area contributed by atoms with Gasteiger partial charge in [0.25, 0.3) is 0 Å². The fraction of sp³-hybridized carbons (Fsp3) is 0.462. The molecule has 0 amide bonds. The molecule has 4 heteroatoms. The van der Waals surface area contributed by atoms with Crippen molar-refractivity contribution in [1.29, 1.82) is 0 Å². The van der Waals surface area contributed by atoms with Crippen LogP contribution < -0.4 is 4.74 Å². The van der Waals surface area contributed by atoms with Crippen molar-refractivity contribution in [3.05, 3.63) is 29.8 Å². The van der Waals surface area contributed by atoms with Crippen molar-refractivity contribution in [2.45, 2.75) is 18.9 Å². The Morgan fingerprint density at radius 3 is 3.12 bits per heavy atom. The van der Waals surface area contributed by atoms with Crippen LogP contribution in [0.4, 0.5) is 0 Å². The molecule has 1 saturated heterocycles. The Morgan fingerprint density at radius 1 is 1.53 bits per heavy atom. The lowest BCUT2D eigenvalue weighted by Crippen LogP contribution is -2.16. The summed E-state index contributed by atoms with van der Waals surface area (Å²) in [6.45, 7) is 1.35. The van der Waals surface area contributed by atoms with E-state index in [9.17, 15) is 4.79 Å². The molecule has 0 radical (unpaired) electrons. The second-order valence-electron chi connectivity index (χ2n) is 3.97. The molecule has 1 unspecified atom stereocenters. The van der Waals surface area contributed by atoms with E-state index < -0.39 is 0 Å². The Kier molecular flexibility index (Phi) is 3.98. The van der Waals surface area contributed by atoms with E-state index in [2.05, 4.69) is 4.74 Å². The van der Waals surface area contributed by atoms with Gasteiger partial charge in [-0.15, -0.1) is 0 Å². The van der Waals surface area contributed by atoms with Gasteiger partial charge in [-0.3, -0.25) is 0 Å². The number of hydrogen-bond acceptors (Lipinski definition) is 4. The van der Waals surface area contributed by atoms with Crippen LogP contribution in [0.3, 0.4) is 0 Å². The largest absolute Gasteiger partial charge is 0.491 e. The molecule has 1 aliphatic rings. The highest BCUT2D eigenvalue weighted by atomic mass is 16.5. The molecule has 0 N–H and O–H groups in total. The second kappa shape index (κ2) is 5.68. The third-order valence-electron chi connectivity index (χ3n) is 2.72. The van der Waals surface area contributed by atoms with Crippen LogP contribution in [0.2, 0.25) is 0 Å². The molecule has 1 fully saturated rings. The zero-order valence-corrected chi connectivity index (χ0v) is 9.85. The molecule has 0 aliphatic carbocycles. The first-order valence-corrected chi connectivity index (χ1v) is 5.72. The zero-order valence-electron chi connectivity index (χ0n) is 9.85. The molecule has 1 atom stereocenters. The van der Waals surface area contributed by atoms with Crippen LogP contribution >= 0.6 is 0 Å². The molecule has 0 saturated carbocycles. The second-order valence-corrected chi connectivity index (χ2v) is 3.97. The lowest BCUT2D eigenvalue weighted by molar-refractivity contribution is 0.0598. The summed E-state index contributed by atoms with van der Waals surface area (Å²) < 4.78 is 15.7. The Balaban J connectivity index is 1.93. The van der Waals surface area contributed by atoms with E-state index >= 15 is 0 Å². The minimum atomic E-state index is -0.354. The standard InChI is InChI=1S/C13H16O4/c1-15-13(14)10-4-2-5-11(8-10)17-9-12-6-3-7-16-12/h2,4-5,8,12H,3,6-7,9H2,1H3. The molecule has 0 bridgehead atoms. The van der Waals surface area contributed by atoms with Crippen molar-refractivity contribution in [3.8, 4) is 5.75 Å². The number of carbonyl (C=O) groups excluding carboxylic acids is 1. The van der Waals surface area contributed by atoms with Gasteiger partial charge in [0.2, 0.25) is 0 Å². The molecule has 92 valence electrons. The van der Waals surface area contributed by atoms with E-state index in [4.69, 9.17) is 9.47 Å². The Bertz CT molecular complexity index is 383. The van der Waals surface area contributed by atoms with E-state index in [0.717, 1.165) is 19.4 Å². The number of rotatable bonds is 4. The third kappa shape index (κ3) is 3.20. The van der Waals surface area contributed by atoms with Crippen molar-refractivity contribution in [2.75, 3.05) is 20.3 Å². The summed E-state index contributed by atoms with van der Waals surface area (Å²) in [6, 6.07) is 6.98. The quantitative estimate of drug-likeness (QED) is 0.750. The van der Waals surface area contributed by atoms with Crippen LogP contribution in [-0.2, 0) is 9.47 Å². The van der Waals surface area contributed by atoms with E-state index in [1.54, 1.807) is 18.2 Å². The predicted molar refractivity (Wildman–Crippen MR) is 62.3 cm³/mol. The molecule has 1 heterocycles. The zero-order chi connectivity index (χ0) is 12.1. The van der Waals surface area contributed by atoms with Gasteiger partial charge in [0.05, 0.1) is 18.8 Å². The van der Waals surface area contributed by atoms with Crippen LogP contribution in [0.1, 0.15) is 23.2 Å². The number of ether oxygens (including phenoxy) is 3. The summed E-state index contributed by atoms with van der Waals surface area (Å²) in [4.78, 5) is 11.3. The number of carbonyl (C=O) groups is 1. The number of methoxy groups -OCH3 is 1. The van der Waals surface area contributed by atoms with E-state index in [0.29, 0.717) is 17.9 Å². The highest BCUT2D eigenvalue weighted by molar-refractivity contribution is 5.89. The maximum absolute atomic E-state index is 11.3. The summed E-state index contributed by atoms with van der Waals surface area (Å²) in [5.41, 5.74) is 0.498. The average molecular weight is 236 g/mol. The Morgan fingerprint density at radius 2 is 2.41 bits per heavy atom. The molecule has 17 heavy (non-hydrogen) atoms. The first kappa shape index (κ1) is 11.9. The van der Waals surface area contributed by atoms with Crippen molar-refractivity contribution in [1.82, 2.24) is 0 Å². The van der Waals surface area contributed by atoms with Gasteiger partial charge in [0.1, 0.15) is 12.4 Å². The fourth-order valence-electron chi connectivity index (χ4n) is 1.80. The van der Waals surface area contributed by atoms with Gasteiger partial charge in [-0.25, -0.2) is 4.79 Å². The van der Waals surface area contributed by atoms with Crippen LogP contribution in [0, 0.1) is 0 Å². The van der Waals surface area contributed by atoms with Gasteiger partial charge in [0, 0.05) is 6.61 Å². The van der Waals surface area contributed by atoms with Crippen LogP contribution in [-0.4, -0.2) is 32.4 Å². The summed E-state index contributed by atoms with van der Waals surface area (Å²) in [7, 11) is 1.36. The maximum Gasteiger partial charge on any atom is 0.337 e. The van der Waals surface area contributed by atoms with E-state index in [1.165, 1.54) is 7.11 Å². The summed E-state index contributed by atoms with van der Waals surface area (Å²) in [5.74, 6) is 0.316. The van der Waals surface area contributed by atoms with Crippen molar-refractivity contribution < 1.29 is 19.0 Å². The number of esters is 1. The SMILES string of the molecule is COC(=O)c1cccc(OCC2CCCO2)c1. The van der Waals surface area contributed by atoms with Gasteiger partial charge >= 0.3 is 5.97 Å². The summed E-state index contributed by atoms with van der Waals surface area (Å²) in [5, 5.41) is 0. The molecule has 1 aromatic rings. The van der Waals surface area contributed by atoms with Gasteiger partial charge in [-0.05, 0) is 31.0 Å². The van der Waals surface area contributed by atoms with Crippen molar-refractivity contribution >= 4 is 5.97 Å². The highest BCUT2D eigenvalue weighted by Gasteiger charge is 2.16. The third-order valence-corrected chi connectivity index (χ3v) is 2.72. The molecular weight excluding hydrogens is 220 g/mol. The lowest BCUT2D eigenvalue weighted by atomic mass is 10.2. The first-order chi connectivity index (χ1) is 8.29. The first-order valence-electron chi connectivity index (χ1n) is 5.72. The summed E-state index contributed by atoms with van der Waals surface area (Å²) >= 11 is 0. The van der Waals surface area contributed by atoms with Gasteiger partial charge < -0.3 is 14.2 Å². The van der Waals surface area contributed by atoms with Crippen LogP contribution in [0.5, 0.6) is 5.75 Å². The molecule has 1 aromatic carbocycles. The summed E-state index contributed by atoms with van der Waals surface area (Å²) in [6.07, 6.45) is 2.31. The Hall–Kier alpha value is -1.55. The molecule has 0 aromatic heterocycles. The maximum atomic E-state index is 11.3. The smallest absolute Gasteiger partial charge is 0.337 e. The van der Waals surface area contributed by atoms with Gasteiger partial charge in [0.15, 0.2) is 0 Å². The fourth-order valence-corrected chi connectivity index (χ4v) is 1.80. The molecular formula is C13H16O4. The monoisotopic (exact) mass is 236 g/mol. The number of hydrogen-bond donors (Lipinski definition) is 0. The molecule has 1 aliphatic heterocycles. The molecule has 0 spiro atoms. The Labute approximate surface area is 100 Å². The van der Waals surface area contributed by atoms with Gasteiger partial charge in [-0.2, -0.15) is 0 Å². The van der Waals surface area contributed by atoms with E-state index in [-0.39, 0.29) is 12.1 Å². The van der Waals surface area contributed by atoms with Gasteiger partial charge in [-0.1, -0.05) is 6.07 Å². The number of benzene rings is 1. The van der Waals surface area contributed by atoms with Crippen molar-refractivity contribution in [2.24, 2.45) is 0 Å². The minimum Gasteiger partial charge on any atom is -0.491 e. The molecule has 2 rings (SSSR count). The van der Waals surface area contributed by atoms with Crippen molar-refractivity contribution in [3.63, 3.8) is 0 Å². The molecule has 4 nitrogen and oxygen atoms in total. The lowest BCUT2D eigenvalue weighted by Gasteiger charge is -2.11.